The molecule has 0 saturated carbocycles. The Labute approximate surface area is 137 Å². The Balaban J connectivity index is 2.06. The van der Waals surface area contributed by atoms with Crippen LogP contribution in [0, 0.1) is 13.8 Å². The number of nitrogens with one attached hydrogen (secondary N) is 1. The number of hydrogen-bond acceptors (Lipinski definition) is 3. The lowest BCUT2D eigenvalue weighted by atomic mass is 10.1. The topological polar surface area (TPSA) is 63.5 Å². The highest BCUT2D eigenvalue weighted by Crippen LogP contribution is 2.14. The number of rotatable bonds is 2. The van der Waals surface area contributed by atoms with Crippen LogP contribution < -0.4 is 10.9 Å². The summed E-state index contributed by atoms with van der Waals surface area (Å²) in [6.45, 7) is 3.58. The van der Waals surface area contributed by atoms with Gasteiger partial charge in [-0.15, -0.1) is 0 Å². The molecule has 2 aromatic heterocycles. The molecule has 0 aliphatic carbocycles. The average molecular weight is 328 g/mol. The minimum absolute atomic E-state index is 0.149. The maximum Gasteiger partial charge on any atom is 0.281 e. The van der Waals surface area contributed by atoms with Crippen LogP contribution in [0.1, 0.15) is 21.6 Å². The molecule has 0 aliphatic rings. The third-order valence-corrected chi connectivity index (χ3v) is 3.71. The first kappa shape index (κ1) is 15.2. The van der Waals surface area contributed by atoms with Gasteiger partial charge in [-0.3, -0.25) is 14.0 Å². The molecule has 0 fully saturated rings. The number of halogens is 1. The SMILES string of the molecule is Cc1cccc(C(=O)Nc2c(C)nc3ccc(Cl)cn3c2=O)c1. The second-order valence-corrected chi connectivity index (χ2v) is 5.71. The van der Waals surface area contributed by atoms with Crippen molar-refractivity contribution in [1.82, 2.24) is 9.38 Å². The Kier molecular flexibility index (Phi) is 3.88. The van der Waals surface area contributed by atoms with E-state index < -0.39 is 0 Å². The van der Waals surface area contributed by atoms with Gasteiger partial charge < -0.3 is 5.32 Å². The van der Waals surface area contributed by atoms with Gasteiger partial charge in [-0.25, -0.2) is 4.98 Å². The number of carbonyl (C=O) groups excluding carboxylic acids is 1. The van der Waals surface area contributed by atoms with Gasteiger partial charge in [0.1, 0.15) is 11.3 Å². The molecule has 0 atom stereocenters. The van der Waals surface area contributed by atoms with Gasteiger partial charge in [0.25, 0.3) is 11.5 Å². The van der Waals surface area contributed by atoms with Crippen molar-refractivity contribution < 1.29 is 4.79 Å². The summed E-state index contributed by atoms with van der Waals surface area (Å²) in [5.74, 6) is -0.349. The molecular weight excluding hydrogens is 314 g/mol. The van der Waals surface area contributed by atoms with Gasteiger partial charge in [0.05, 0.1) is 10.7 Å². The minimum atomic E-state index is -0.365. The Morgan fingerprint density at radius 3 is 2.74 bits per heavy atom. The number of hydrogen-bond donors (Lipinski definition) is 1. The van der Waals surface area contributed by atoms with E-state index in [4.69, 9.17) is 11.6 Å². The van der Waals surface area contributed by atoms with Crippen LogP contribution in [0.15, 0.2) is 47.4 Å². The first-order valence-electron chi connectivity index (χ1n) is 7.02. The van der Waals surface area contributed by atoms with E-state index in [1.165, 1.54) is 10.6 Å². The van der Waals surface area contributed by atoms with Gasteiger partial charge in [0.2, 0.25) is 0 Å². The van der Waals surface area contributed by atoms with E-state index in [1.807, 2.05) is 13.0 Å². The number of aromatic nitrogens is 2. The number of fused-ring (bicyclic) bond motifs is 1. The number of benzene rings is 1. The molecule has 1 aromatic carbocycles. The van der Waals surface area contributed by atoms with Crippen LogP contribution in [0.2, 0.25) is 5.02 Å². The third kappa shape index (κ3) is 2.96. The molecular formula is C17H14ClN3O2. The Morgan fingerprint density at radius 1 is 1.22 bits per heavy atom. The van der Waals surface area contributed by atoms with Crippen molar-refractivity contribution in [3.05, 3.63) is 74.8 Å². The van der Waals surface area contributed by atoms with E-state index in [2.05, 4.69) is 10.3 Å². The maximum absolute atomic E-state index is 12.6. The number of carbonyl (C=O) groups is 1. The summed E-state index contributed by atoms with van der Waals surface area (Å²) in [6.07, 6.45) is 1.48. The van der Waals surface area contributed by atoms with Crippen molar-refractivity contribution in [2.24, 2.45) is 0 Å². The molecule has 3 aromatic rings. The second-order valence-electron chi connectivity index (χ2n) is 5.28. The minimum Gasteiger partial charge on any atom is -0.316 e. The van der Waals surface area contributed by atoms with Crippen molar-refractivity contribution >= 4 is 28.8 Å². The number of nitrogens with zero attached hydrogens (tertiary/aromatic N) is 2. The normalized spacial score (nSPS) is 10.7. The highest BCUT2D eigenvalue weighted by atomic mass is 35.5. The van der Waals surface area contributed by atoms with E-state index in [-0.39, 0.29) is 17.2 Å². The van der Waals surface area contributed by atoms with Crippen LogP contribution in [0.3, 0.4) is 0 Å². The largest absolute Gasteiger partial charge is 0.316 e. The fraction of sp³-hybridized carbons (Fsp3) is 0.118. The zero-order chi connectivity index (χ0) is 16.6. The van der Waals surface area contributed by atoms with Crippen molar-refractivity contribution in [2.75, 3.05) is 5.32 Å². The molecule has 0 unspecified atom stereocenters. The summed E-state index contributed by atoms with van der Waals surface area (Å²) >= 11 is 5.93. The predicted octanol–water partition coefficient (Wildman–Crippen LogP) is 3.22. The van der Waals surface area contributed by atoms with Gasteiger partial charge in [-0.1, -0.05) is 29.3 Å². The summed E-state index contributed by atoms with van der Waals surface area (Å²) in [7, 11) is 0. The van der Waals surface area contributed by atoms with E-state index >= 15 is 0 Å². The standard InChI is InChI=1S/C17H14ClN3O2/c1-10-4-3-5-12(8-10)16(22)20-15-11(2)19-14-7-6-13(18)9-21(14)17(15)23/h3-9H,1-2H3,(H,20,22). The number of pyridine rings is 1. The highest BCUT2D eigenvalue weighted by Gasteiger charge is 2.14. The van der Waals surface area contributed by atoms with E-state index in [0.717, 1.165) is 5.56 Å². The molecule has 0 radical (unpaired) electrons. The van der Waals surface area contributed by atoms with Crippen LogP contribution in [0.5, 0.6) is 0 Å². The number of amides is 1. The second kappa shape index (κ2) is 5.85. The van der Waals surface area contributed by atoms with Crippen LogP contribution in [0.25, 0.3) is 5.65 Å². The molecule has 0 spiro atoms. The molecule has 5 nitrogen and oxygen atoms in total. The van der Waals surface area contributed by atoms with Crippen LogP contribution >= 0.6 is 11.6 Å². The smallest absolute Gasteiger partial charge is 0.281 e. The highest BCUT2D eigenvalue weighted by molar-refractivity contribution is 6.30. The zero-order valence-electron chi connectivity index (χ0n) is 12.6. The van der Waals surface area contributed by atoms with Crippen LogP contribution in [0.4, 0.5) is 5.69 Å². The lowest BCUT2D eigenvalue weighted by molar-refractivity contribution is 0.102. The van der Waals surface area contributed by atoms with E-state index in [1.54, 1.807) is 37.3 Å². The van der Waals surface area contributed by atoms with Crippen molar-refractivity contribution in [1.29, 1.82) is 0 Å². The molecule has 3 rings (SSSR count). The number of anilines is 1. The first-order valence-corrected chi connectivity index (χ1v) is 7.40. The van der Waals surface area contributed by atoms with Crippen molar-refractivity contribution in [3.63, 3.8) is 0 Å². The quantitative estimate of drug-likeness (QED) is 0.786. The number of aryl methyl sites for hydroxylation is 2. The fourth-order valence-corrected chi connectivity index (χ4v) is 2.50. The summed E-state index contributed by atoms with van der Waals surface area (Å²) < 4.78 is 1.32. The van der Waals surface area contributed by atoms with Crippen LogP contribution in [-0.2, 0) is 0 Å². The Morgan fingerprint density at radius 2 is 2.00 bits per heavy atom. The average Bonchev–Trinajstić information content (AvgIpc) is 2.52. The van der Waals surface area contributed by atoms with Crippen molar-refractivity contribution in [3.8, 4) is 0 Å². The van der Waals surface area contributed by atoms with Gasteiger partial charge >= 0.3 is 0 Å². The molecule has 6 heteroatoms. The predicted molar refractivity (Wildman–Crippen MR) is 90.3 cm³/mol. The first-order chi connectivity index (χ1) is 11.0. The monoisotopic (exact) mass is 327 g/mol. The summed E-state index contributed by atoms with van der Waals surface area (Å²) in [5.41, 5.74) is 2.17. The third-order valence-electron chi connectivity index (χ3n) is 3.49. The molecule has 0 saturated heterocycles. The Bertz CT molecular complexity index is 979. The van der Waals surface area contributed by atoms with E-state index in [9.17, 15) is 9.59 Å². The molecule has 1 N–H and O–H groups in total. The molecule has 0 bridgehead atoms. The summed E-state index contributed by atoms with van der Waals surface area (Å²) in [6, 6.07) is 10.5. The van der Waals surface area contributed by atoms with Gasteiger partial charge in [-0.2, -0.15) is 0 Å². The molecule has 23 heavy (non-hydrogen) atoms. The molecule has 116 valence electrons. The molecule has 2 heterocycles. The summed E-state index contributed by atoms with van der Waals surface area (Å²) in [5, 5.41) is 3.07. The molecule has 0 aliphatic heterocycles. The van der Waals surface area contributed by atoms with Gasteiger partial charge in [-0.05, 0) is 38.1 Å². The summed E-state index contributed by atoms with van der Waals surface area (Å²) in [4.78, 5) is 29.3. The molecule has 1 amide bonds. The lowest BCUT2D eigenvalue weighted by Gasteiger charge is -2.10. The Hall–Kier alpha value is -2.66. The fourth-order valence-electron chi connectivity index (χ4n) is 2.34. The zero-order valence-corrected chi connectivity index (χ0v) is 13.4. The van der Waals surface area contributed by atoms with E-state index in [0.29, 0.717) is 21.9 Å². The maximum atomic E-state index is 12.6. The van der Waals surface area contributed by atoms with Crippen LogP contribution in [-0.4, -0.2) is 15.3 Å². The van der Waals surface area contributed by atoms with Crippen molar-refractivity contribution in [2.45, 2.75) is 13.8 Å². The van der Waals surface area contributed by atoms with Gasteiger partial charge in [0, 0.05) is 11.8 Å². The van der Waals surface area contributed by atoms with Gasteiger partial charge in [0.15, 0.2) is 0 Å². The lowest BCUT2D eigenvalue weighted by Crippen LogP contribution is -2.25.